The second-order valence-electron chi connectivity index (χ2n) is 11.6. The maximum absolute atomic E-state index is 14.2. The van der Waals surface area contributed by atoms with E-state index in [9.17, 15) is 14.0 Å². The molecule has 7 rings (SSSR count). The number of nitrogens with one attached hydrogen (secondary N) is 2. The normalized spacial score (nSPS) is 17.9. The van der Waals surface area contributed by atoms with Crippen molar-refractivity contribution in [1.82, 2.24) is 24.8 Å². The molecule has 1 aromatic carbocycles. The average molecular weight is 540 g/mol. The number of nitrogens with zero attached hydrogens (tertiary/aromatic N) is 3. The third-order valence-corrected chi connectivity index (χ3v) is 8.58. The van der Waals surface area contributed by atoms with Crippen LogP contribution in [-0.2, 0) is 6.54 Å². The van der Waals surface area contributed by atoms with Gasteiger partial charge in [-0.2, -0.15) is 0 Å². The molecule has 1 amide bonds. The number of aromatic amines is 1. The number of fused-ring (bicyclic) bond motifs is 1. The van der Waals surface area contributed by atoms with Gasteiger partial charge in [-0.05, 0) is 105 Å². The molecular weight excluding hydrogens is 505 g/mol. The van der Waals surface area contributed by atoms with E-state index in [0.29, 0.717) is 28.7 Å². The van der Waals surface area contributed by atoms with E-state index in [-0.39, 0.29) is 17.0 Å². The molecule has 8 heteroatoms. The van der Waals surface area contributed by atoms with Crippen LogP contribution < -0.4 is 10.9 Å². The van der Waals surface area contributed by atoms with E-state index >= 15 is 0 Å². The first-order chi connectivity index (χ1) is 19.5. The van der Waals surface area contributed by atoms with Gasteiger partial charge in [0.1, 0.15) is 17.2 Å². The van der Waals surface area contributed by atoms with E-state index in [4.69, 9.17) is 4.98 Å². The first-order valence-corrected chi connectivity index (χ1v) is 14.5. The van der Waals surface area contributed by atoms with E-state index in [1.165, 1.54) is 44.0 Å². The van der Waals surface area contributed by atoms with E-state index < -0.39 is 5.82 Å². The summed E-state index contributed by atoms with van der Waals surface area (Å²) in [4.78, 5) is 37.6. The number of amides is 1. The molecule has 1 aliphatic heterocycles. The van der Waals surface area contributed by atoms with Gasteiger partial charge in [-0.25, -0.2) is 9.37 Å². The van der Waals surface area contributed by atoms with E-state index in [1.54, 1.807) is 10.6 Å². The van der Waals surface area contributed by atoms with Crippen LogP contribution in [0.2, 0.25) is 0 Å². The number of H-pyrrole nitrogens is 1. The van der Waals surface area contributed by atoms with Crippen molar-refractivity contribution in [3.63, 3.8) is 0 Å². The molecular formula is C32H34FN5O2. The minimum absolute atomic E-state index is 0.124. The van der Waals surface area contributed by atoms with Crippen LogP contribution in [0.25, 0.3) is 27.8 Å². The minimum Gasteiger partial charge on any atom is -0.355 e. The molecule has 2 saturated carbocycles. The molecule has 7 nitrogen and oxygen atoms in total. The summed E-state index contributed by atoms with van der Waals surface area (Å²) < 4.78 is 15.8. The van der Waals surface area contributed by atoms with Crippen LogP contribution >= 0.6 is 0 Å². The fourth-order valence-corrected chi connectivity index (χ4v) is 6.12. The number of pyridine rings is 2. The van der Waals surface area contributed by atoms with Crippen LogP contribution in [0, 0.1) is 5.82 Å². The van der Waals surface area contributed by atoms with Crippen LogP contribution in [0.5, 0.6) is 0 Å². The number of benzene rings is 1. The van der Waals surface area contributed by atoms with Gasteiger partial charge < -0.3 is 10.3 Å². The number of piperidine rings is 1. The fraction of sp³-hybridized carbons (Fsp3) is 0.406. The number of likely N-dealkylation sites (tertiary alicyclic amines) is 1. The van der Waals surface area contributed by atoms with Gasteiger partial charge in [0, 0.05) is 42.5 Å². The molecule has 3 aromatic heterocycles. The zero-order chi connectivity index (χ0) is 27.4. The van der Waals surface area contributed by atoms with Crippen molar-refractivity contribution in [2.24, 2.45) is 0 Å². The van der Waals surface area contributed by atoms with Crippen molar-refractivity contribution in [2.45, 2.75) is 63.3 Å². The number of carbonyl (C=O) groups is 1. The topological polar surface area (TPSA) is 83.0 Å². The molecule has 0 radical (unpaired) electrons. The summed E-state index contributed by atoms with van der Waals surface area (Å²) in [6.45, 7) is 3.01. The zero-order valence-corrected chi connectivity index (χ0v) is 22.8. The van der Waals surface area contributed by atoms with Gasteiger partial charge in [0.25, 0.3) is 11.5 Å². The maximum atomic E-state index is 14.2. The highest BCUT2D eigenvalue weighted by atomic mass is 19.1. The maximum Gasteiger partial charge on any atom is 0.280 e. The molecule has 2 N–H and O–H groups in total. The Labute approximate surface area is 232 Å². The van der Waals surface area contributed by atoms with Crippen LogP contribution in [0.3, 0.4) is 0 Å². The van der Waals surface area contributed by atoms with Gasteiger partial charge in [-0.1, -0.05) is 12.5 Å². The Morgan fingerprint density at radius 3 is 2.55 bits per heavy atom. The van der Waals surface area contributed by atoms with E-state index in [0.717, 1.165) is 67.7 Å². The van der Waals surface area contributed by atoms with Gasteiger partial charge >= 0.3 is 0 Å². The number of rotatable bonds is 7. The van der Waals surface area contributed by atoms with E-state index in [2.05, 4.69) is 21.3 Å². The quantitative estimate of drug-likeness (QED) is 0.319. The summed E-state index contributed by atoms with van der Waals surface area (Å²) in [6, 6.07) is 10.3. The summed E-state index contributed by atoms with van der Waals surface area (Å²) >= 11 is 0. The molecule has 206 valence electrons. The van der Waals surface area contributed by atoms with Gasteiger partial charge in [0.15, 0.2) is 0 Å². The number of halogens is 1. The Balaban J connectivity index is 1.37. The lowest BCUT2D eigenvalue weighted by Gasteiger charge is -2.25. The van der Waals surface area contributed by atoms with Crippen LogP contribution in [0.4, 0.5) is 4.39 Å². The second kappa shape index (κ2) is 10.0. The smallest absolute Gasteiger partial charge is 0.280 e. The van der Waals surface area contributed by atoms with Gasteiger partial charge in [0.05, 0.1) is 5.56 Å². The number of hydrogen-bond acceptors (Lipinski definition) is 4. The SMILES string of the molecule is CNC(=O)c1cc(F)ccc1-c1cc(C2CC2)nc(-n2cc(C3CC3)c3cc(CN4CCCCC4)[nH]c3c2=O)c1. The Morgan fingerprint density at radius 1 is 1.05 bits per heavy atom. The lowest BCUT2D eigenvalue weighted by atomic mass is 9.98. The summed E-state index contributed by atoms with van der Waals surface area (Å²) in [5, 5.41) is 3.64. The predicted octanol–water partition coefficient (Wildman–Crippen LogP) is 5.62. The highest BCUT2D eigenvalue weighted by Gasteiger charge is 2.30. The molecule has 0 spiro atoms. The highest BCUT2D eigenvalue weighted by Crippen LogP contribution is 2.44. The number of hydrogen-bond donors (Lipinski definition) is 2. The highest BCUT2D eigenvalue weighted by molar-refractivity contribution is 6.01. The molecule has 4 heterocycles. The molecule has 1 saturated heterocycles. The average Bonchev–Trinajstić information content (AvgIpc) is 3.91. The van der Waals surface area contributed by atoms with Crippen molar-refractivity contribution in [2.75, 3.05) is 20.1 Å². The Morgan fingerprint density at radius 2 is 1.82 bits per heavy atom. The van der Waals surface area contributed by atoms with Crippen LogP contribution in [-0.4, -0.2) is 45.5 Å². The minimum atomic E-state index is -0.470. The van der Waals surface area contributed by atoms with Crippen LogP contribution in [0.15, 0.2) is 47.4 Å². The molecule has 0 unspecified atom stereocenters. The van der Waals surface area contributed by atoms with Gasteiger partial charge in [-0.15, -0.1) is 0 Å². The molecule has 40 heavy (non-hydrogen) atoms. The molecule has 4 aromatic rings. The van der Waals surface area contributed by atoms with Crippen molar-refractivity contribution in [3.8, 4) is 16.9 Å². The third-order valence-electron chi connectivity index (χ3n) is 8.58. The van der Waals surface area contributed by atoms with Gasteiger partial charge in [-0.3, -0.25) is 19.1 Å². The first kappa shape index (κ1) is 25.2. The van der Waals surface area contributed by atoms with Crippen molar-refractivity contribution in [1.29, 1.82) is 0 Å². The summed E-state index contributed by atoms with van der Waals surface area (Å²) in [5.41, 5.74) is 5.30. The largest absolute Gasteiger partial charge is 0.355 e. The van der Waals surface area contributed by atoms with Crippen molar-refractivity contribution >= 4 is 16.8 Å². The predicted molar refractivity (Wildman–Crippen MR) is 154 cm³/mol. The van der Waals surface area contributed by atoms with Crippen molar-refractivity contribution < 1.29 is 9.18 Å². The first-order valence-electron chi connectivity index (χ1n) is 14.5. The monoisotopic (exact) mass is 539 g/mol. The number of aromatic nitrogens is 3. The molecule has 2 aliphatic carbocycles. The second-order valence-corrected chi connectivity index (χ2v) is 11.6. The molecule has 3 fully saturated rings. The zero-order valence-electron chi connectivity index (χ0n) is 22.8. The summed E-state index contributed by atoms with van der Waals surface area (Å²) in [7, 11) is 1.54. The Bertz CT molecular complexity index is 1670. The van der Waals surface area contributed by atoms with Crippen molar-refractivity contribution in [3.05, 3.63) is 81.3 Å². The third kappa shape index (κ3) is 4.74. The lowest BCUT2D eigenvalue weighted by Crippen LogP contribution is -2.29. The fourth-order valence-electron chi connectivity index (χ4n) is 6.12. The van der Waals surface area contributed by atoms with Crippen LogP contribution in [0.1, 0.15) is 84.1 Å². The Hall–Kier alpha value is -3.78. The van der Waals surface area contributed by atoms with Gasteiger partial charge in [0.2, 0.25) is 0 Å². The summed E-state index contributed by atoms with van der Waals surface area (Å²) in [5.74, 6) is 0.472. The molecule has 0 bridgehead atoms. The lowest BCUT2D eigenvalue weighted by molar-refractivity contribution is 0.0963. The standard InChI is InChI=1S/C32H34FN5O2/c1-34-31(39)26-15-22(33)9-10-24(26)21-13-28(20-7-8-20)36-29(14-21)38-18-27(19-5-6-19)25-16-23(35-30(25)32(38)40)17-37-11-3-2-4-12-37/h9-10,13-16,18-20,35H,2-8,11-12,17H2,1H3,(H,34,39). The number of carbonyl (C=O) groups excluding carboxylic acids is 1. The Kier molecular flexibility index (Phi) is 6.30. The van der Waals surface area contributed by atoms with E-state index in [1.807, 2.05) is 18.3 Å². The molecule has 0 atom stereocenters. The molecule has 3 aliphatic rings. The summed E-state index contributed by atoms with van der Waals surface area (Å²) in [6.07, 6.45) is 10.0.